The molecule has 0 saturated carbocycles. The number of rotatable bonds is 2. The minimum Gasteiger partial charge on any atom is -0.495 e. The summed E-state index contributed by atoms with van der Waals surface area (Å²) in [6, 6.07) is 2.08. The summed E-state index contributed by atoms with van der Waals surface area (Å²) in [6.07, 6.45) is 9.86. The molecule has 2 heterocycles. The van der Waals surface area contributed by atoms with E-state index in [1.807, 2.05) is 6.20 Å². The minimum atomic E-state index is 0.415. The molecule has 0 amide bonds. The van der Waals surface area contributed by atoms with E-state index in [4.69, 9.17) is 4.74 Å². The normalized spacial score (nSPS) is 27.5. The van der Waals surface area contributed by atoms with Crippen molar-refractivity contribution in [2.45, 2.75) is 19.3 Å². The monoisotopic (exact) mass is 230 g/mol. The van der Waals surface area contributed by atoms with Gasteiger partial charge in [0.2, 0.25) is 0 Å². The molecular formula is C14H18N2O. The van der Waals surface area contributed by atoms with Crippen molar-refractivity contribution >= 4 is 5.57 Å². The highest BCUT2D eigenvalue weighted by Gasteiger charge is 2.35. The third kappa shape index (κ3) is 1.95. The molecule has 3 heteroatoms. The van der Waals surface area contributed by atoms with E-state index < -0.39 is 0 Å². The molecular weight excluding hydrogens is 212 g/mol. The summed E-state index contributed by atoms with van der Waals surface area (Å²) < 4.78 is 5.23. The van der Waals surface area contributed by atoms with E-state index >= 15 is 0 Å². The van der Waals surface area contributed by atoms with Crippen LogP contribution in [0.1, 0.15) is 24.8 Å². The average Bonchev–Trinajstić information content (AvgIpc) is 3.01. The lowest BCUT2D eigenvalue weighted by Crippen LogP contribution is -2.18. The van der Waals surface area contributed by atoms with Crippen molar-refractivity contribution in [1.82, 2.24) is 10.3 Å². The SMILES string of the molecule is COc1cncc(C2=CC3(CCNC3)CC2)c1. The van der Waals surface area contributed by atoms with Crippen LogP contribution in [0.2, 0.25) is 0 Å². The maximum Gasteiger partial charge on any atom is 0.137 e. The average molecular weight is 230 g/mol. The fraction of sp³-hybridized carbons (Fsp3) is 0.500. The van der Waals surface area contributed by atoms with Gasteiger partial charge in [-0.15, -0.1) is 0 Å². The van der Waals surface area contributed by atoms with Gasteiger partial charge >= 0.3 is 0 Å². The molecule has 17 heavy (non-hydrogen) atoms. The largest absolute Gasteiger partial charge is 0.495 e. The number of ether oxygens (including phenoxy) is 1. The van der Waals surface area contributed by atoms with Gasteiger partial charge in [-0.2, -0.15) is 0 Å². The van der Waals surface area contributed by atoms with Gasteiger partial charge in [-0.1, -0.05) is 6.08 Å². The number of nitrogens with one attached hydrogen (secondary N) is 1. The van der Waals surface area contributed by atoms with Crippen LogP contribution in [-0.4, -0.2) is 25.2 Å². The quantitative estimate of drug-likeness (QED) is 0.846. The summed E-state index contributed by atoms with van der Waals surface area (Å²) in [5.74, 6) is 0.842. The Labute approximate surface area is 102 Å². The number of nitrogens with zero attached hydrogens (tertiary/aromatic N) is 1. The lowest BCUT2D eigenvalue weighted by molar-refractivity contribution is 0.412. The fourth-order valence-corrected chi connectivity index (χ4v) is 2.93. The van der Waals surface area contributed by atoms with E-state index in [9.17, 15) is 0 Å². The molecule has 1 atom stereocenters. The fourth-order valence-electron chi connectivity index (χ4n) is 2.93. The predicted octanol–water partition coefficient (Wildman–Crippen LogP) is 2.25. The van der Waals surface area contributed by atoms with Crippen molar-refractivity contribution in [3.63, 3.8) is 0 Å². The van der Waals surface area contributed by atoms with E-state index in [0.717, 1.165) is 25.3 Å². The first-order chi connectivity index (χ1) is 8.31. The van der Waals surface area contributed by atoms with E-state index in [0.29, 0.717) is 5.41 Å². The Morgan fingerprint density at radius 1 is 1.35 bits per heavy atom. The van der Waals surface area contributed by atoms with E-state index in [1.165, 1.54) is 24.0 Å². The number of hydrogen-bond donors (Lipinski definition) is 1. The molecule has 0 aromatic carbocycles. The van der Waals surface area contributed by atoms with Crippen LogP contribution in [0.3, 0.4) is 0 Å². The molecule has 1 aromatic rings. The Hall–Kier alpha value is -1.35. The Morgan fingerprint density at radius 3 is 3.06 bits per heavy atom. The summed E-state index contributed by atoms with van der Waals surface area (Å²) in [6.45, 7) is 2.29. The first-order valence-electron chi connectivity index (χ1n) is 6.23. The number of allylic oxidation sites excluding steroid dienone is 1. The summed E-state index contributed by atoms with van der Waals surface area (Å²) in [7, 11) is 1.69. The molecule has 1 N–H and O–H groups in total. The van der Waals surface area contributed by atoms with Gasteiger partial charge in [0, 0.05) is 18.2 Å². The van der Waals surface area contributed by atoms with Gasteiger partial charge in [-0.25, -0.2) is 0 Å². The smallest absolute Gasteiger partial charge is 0.137 e. The zero-order chi connectivity index (χ0) is 11.7. The molecule has 0 radical (unpaired) electrons. The van der Waals surface area contributed by atoms with Gasteiger partial charge < -0.3 is 10.1 Å². The molecule has 3 rings (SSSR count). The van der Waals surface area contributed by atoms with Crippen molar-refractivity contribution in [2.24, 2.45) is 5.41 Å². The first kappa shape index (κ1) is 10.8. The van der Waals surface area contributed by atoms with Crippen LogP contribution in [0.15, 0.2) is 24.5 Å². The van der Waals surface area contributed by atoms with E-state index in [-0.39, 0.29) is 0 Å². The zero-order valence-corrected chi connectivity index (χ0v) is 10.2. The van der Waals surface area contributed by atoms with Crippen molar-refractivity contribution in [2.75, 3.05) is 20.2 Å². The minimum absolute atomic E-state index is 0.415. The third-order valence-electron chi connectivity index (χ3n) is 3.97. The molecule has 0 bridgehead atoms. The topological polar surface area (TPSA) is 34.1 Å². The third-order valence-corrected chi connectivity index (χ3v) is 3.97. The summed E-state index contributed by atoms with van der Waals surface area (Å²) in [4.78, 5) is 4.23. The molecule has 1 aliphatic heterocycles. The van der Waals surface area contributed by atoms with Crippen molar-refractivity contribution < 1.29 is 4.74 Å². The number of pyridine rings is 1. The van der Waals surface area contributed by atoms with Gasteiger partial charge in [-0.3, -0.25) is 4.98 Å². The van der Waals surface area contributed by atoms with Gasteiger partial charge in [-0.05, 0) is 43.0 Å². The Balaban J connectivity index is 1.89. The molecule has 2 aliphatic rings. The number of aromatic nitrogens is 1. The lowest BCUT2D eigenvalue weighted by Gasteiger charge is -2.17. The van der Waals surface area contributed by atoms with E-state index in [1.54, 1.807) is 13.3 Å². The number of hydrogen-bond acceptors (Lipinski definition) is 3. The first-order valence-corrected chi connectivity index (χ1v) is 6.23. The molecule has 1 aliphatic carbocycles. The molecule has 1 aromatic heterocycles. The second-order valence-corrected chi connectivity index (χ2v) is 5.07. The van der Waals surface area contributed by atoms with Crippen LogP contribution < -0.4 is 10.1 Å². The molecule has 1 spiro atoms. The highest BCUT2D eigenvalue weighted by atomic mass is 16.5. The molecule has 1 fully saturated rings. The maximum absolute atomic E-state index is 5.23. The Kier molecular flexibility index (Phi) is 2.63. The van der Waals surface area contributed by atoms with Crippen molar-refractivity contribution in [1.29, 1.82) is 0 Å². The standard InChI is InChI=1S/C14H18N2O/c1-17-13-6-12(8-16-9-13)11-2-3-14(7-11)4-5-15-10-14/h6-9,15H,2-5,10H2,1H3. The highest BCUT2D eigenvalue weighted by molar-refractivity contribution is 5.69. The predicted molar refractivity (Wildman–Crippen MR) is 67.9 cm³/mol. The van der Waals surface area contributed by atoms with Gasteiger partial charge in [0.05, 0.1) is 13.3 Å². The van der Waals surface area contributed by atoms with Crippen LogP contribution >= 0.6 is 0 Å². The Morgan fingerprint density at radius 2 is 2.29 bits per heavy atom. The summed E-state index contributed by atoms with van der Waals surface area (Å²) in [5.41, 5.74) is 3.06. The molecule has 3 nitrogen and oxygen atoms in total. The van der Waals surface area contributed by atoms with E-state index in [2.05, 4.69) is 22.4 Å². The van der Waals surface area contributed by atoms with Gasteiger partial charge in [0.1, 0.15) is 5.75 Å². The molecule has 90 valence electrons. The molecule has 1 unspecified atom stereocenters. The zero-order valence-electron chi connectivity index (χ0n) is 10.2. The second-order valence-electron chi connectivity index (χ2n) is 5.07. The van der Waals surface area contributed by atoms with Crippen molar-refractivity contribution in [3.05, 3.63) is 30.1 Å². The van der Waals surface area contributed by atoms with Crippen molar-refractivity contribution in [3.8, 4) is 5.75 Å². The van der Waals surface area contributed by atoms with Crippen LogP contribution in [-0.2, 0) is 0 Å². The lowest BCUT2D eigenvalue weighted by atomic mass is 9.87. The Bertz CT molecular complexity index is 447. The number of methoxy groups -OCH3 is 1. The highest BCUT2D eigenvalue weighted by Crippen LogP contribution is 2.44. The summed E-state index contributed by atoms with van der Waals surface area (Å²) in [5, 5.41) is 3.46. The summed E-state index contributed by atoms with van der Waals surface area (Å²) >= 11 is 0. The van der Waals surface area contributed by atoms with Crippen LogP contribution in [0.4, 0.5) is 0 Å². The van der Waals surface area contributed by atoms with Crippen LogP contribution in [0.25, 0.3) is 5.57 Å². The molecule has 1 saturated heterocycles. The van der Waals surface area contributed by atoms with Crippen LogP contribution in [0.5, 0.6) is 5.75 Å². The van der Waals surface area contributed by atoms with Gasteiger partial charge in [0.25, 0.3) is 0 Å². The van der Waals surface area contributed by atoms with Crippen LogP contribution in [0, 0.1) is 5.41 Å². The van der Waals surface area contributed by atoms with Gasteiger partial charge in [0.15, 0.2) is 0 Å². The second kappa shape index (κ2) is 4.15. The maximum atomic E-state index is 5.23.